The van der Waals surface area contributed by atoms with Gasteiger partial charge in [-0.3, -0.25) is 0 Å². The monoisotopic (exact) mass is 272 g/mol. The summed E-state index contributed by atoms with van der Waals surface area (Å²) in [5.74, 6) is 1.58. The third-order valence-corrected chi connectivity index (χ3v) is 2.15. The van der Waals surface area contributed by atoms with E-state index in [1.165, 1.54) is 0 Å². The lowest BCUT2D eigenvalue weighted by Gasteiger charge is -1.91. The molecule has 0 fully saturated rings. The SMILES string of the molecule is C=C/C=C\c1oc(/C=C\C)c(C=C)c1C=C.CC.CC. The molecule has 110 valence electrons. The van der Waals surface area contributed by atoms with Gasteiger partial charge in [-0.2, -0.15) is 0 Å². The Morgan fingerprint density at radius 3 is 1.60 bits per heavy atom. The molecule has 0 N–H and O–H groups in total. The van der Waals surface area contributed by atoms with Crippen molar-refractivity contribution in [1.29, 1.82) is 0 Å². The fraction of sp³-hybridized carbons (Fsp3) is 0.263. The standard InChI is InChI=1S/C15H16O.2C2H6/c1-5-9-11-15-13(8-4)12(7-3)14(16-15)10-6-2;2*1-2/h5-11H,1,3-4H2,2H3;2*1-2H3/b10-6-,11-9-;;. The average Bonchev–Trinajstić information content (AvgIpc) is 2.86. The van der Waals surface area contributed by atoms with Crippen molar-refractivity contribution in [2.24, 2.45) is 0 Å². The van der Waals surface area contributed by atoms with E-state index in [-0.39, 0.29) is 0 Å². The molecule has 0 aliphatic rings. The van der Waals surface area contributed by atoms with Gasteiger partial charge in [0.1, 0.15) is 11.5 Å². The number of hydrogen-bond acceptors (Lipinski definition) is 1. The Labute approximate surface area is 124 Å². The first-order chi connectivity index (χ1) is 9.78. The molecule has 0 saturated heterocycles. The van der Waals surface area contributed by atoms with Gasteiger partial charge >= 0.3 is 0 Å². The lowest BCUT2D eigenvalue weighted by Crippen LogP contribution is -1.76. The summed E-state index contributed by atoms with van der Waals surface area (Å²) in [6.07, 6.45) is 12.8. The minimum atomic E-state index is 0.776. The molecule has 20 heavy (non-hydrogen) atoms. The minimum Gasteiger partial charge on any atom is -0.456 e. The fourth-order valence-corrected chi connectivity index (χ4v) is 1.47. The van der Waals surface area contributed by atoms with Crippen molar-refractivity contribution in [2.45, 2.75) is 34.6 Å². The first kappa shape index (κ1) is 20.3. The Hall–Kier alpha value is -2.02. The van der Waals surface area contributed by atoms with Gasteiger partial charge < -0.3 is 4.42 Å². The predicted molar refractivity (Wildman–Crippen MR) is 95.5 cm³/mol. The molecule has 1 heteroatoms. The molecule has 1 heterocycles. The van der Waals surface area contributed by atoms with Crippen LogP contribution in [0.25, 0.3) is 24.3 Å². The van der Waals surface area contributed by atoms with Crippen LogP contribution in [-0.2, 0) is 0 Å². The Morgan fingerprint density at radius 1 is 0.800 bits per heavy atom. The number of furan rings is 1. The quantitative estimate of drug-likeness (QED) is 0.534. The van der Waals surface area contributed by atoms with E-state index in [0.717, 1.165) is 22.6 Å². The van der Waals surface area contributed by atoms with E-state index in [4.69, 9.17) is 4.42 Å². The van der Waals surface area contributed by atoms with Crippen LogP contribution in [0.5, 0.6) is 0 Å². The van der Waals surface area contributed by atoms with Gasteiger partial charge in [-0.25, -0.2) is 0 Å². The van der Waals surface area contributed by atoms with Crippen molar-refractivity contribution in [3.63, 3.8) is 0 Å². The van der Waals surface area contributed by atoms with E-state index >= 15 is 0 Å². The molecule has 0 atom stereocenters. The topological polar surface area (TPSA) is 13.1 Å². The van der Waals surface area contributed by atoms with E-state index in [9.17, 15) is 0 Å². The van der Waals surface area contributed by atoms with Crippen molar-refractivity contribution in [3.05, 3.63) is 60.6 Å². The molecule has 0 aromatic carbocycles. The van der Waals surface area contributed by atoms with Crippen LogP contribution in [0.15, 0.2) is 42.4 Å². The minimum absolute atomic E-state index is 0.776. The fourth-order valence-electron chi connectivity index (χ4n) is 1.47. The highest BCUT2D eigenvalue weighted by molar-refractivity contribution is 5.76. The second-order valence-electron chi connectivity index (χ2n) is 3.16. The van der Waals surface area contributed by atoms with E-state index in [2.05, 4.69) is 19.7 Å². The summed E-state index contributed by atoms with van der Waals surface area (Å²) in [6.45, 7) is 21.2. The molecule has 0 aliphatic heterocycles. The molecule has 0 amide bonds. The van der Waals surface area contributed by atoms with Crippen LogP contribution in [0.4, 0.5) is 0 Å². The van der Waals surface area contributed by atoms with Crippen molar-refractivity contribution < 1.29 is 4.42 Å². The number of hydrogen-bond donors (Lipinski definition) is 0. The second-order valence-corrected chi connectivity index (χ2v) is 3.16. The summed E-state index contributed by atoms with van der Waals surface area (Å²) < 4.78 is 5.71. The van der Waals surface area contributed by atoms with Crippen molar-refractivity contribution in [3.8, 4) is 0 Å². The summed E-state index contributed by atoms with van der Waals surface area (Å²) >= 11 is 0. The van der Waals surface area contributed by atoms with Crippen LogP contribution in [0.1, 0.15) is 57.3 Å². The molecule has 0 bridgehead atoms. The van der Waals surface area contributed by atoms with Crippen LogP contribution < -0.4 is 0 Å². The molecule has 0 saturated carbocycles. The van der Waals surface area contributed by atoms with Crippen molar-refractivity contribution in [1.82, 2.24) is 0 Å². The van der Waals surface area contributed by atoms with Gasteiger partial charge in [0.2, 0.25) is 0 Å². The Balaban J connectivity index is 0. The smallest absolute Gasteiger partial charge is 0.135 e. The van der Waals surface area contributed by atoms with Crippen LogP contribution in [0.3, 0.4) is 0 Å². The van der Waals surface area contributed by atoms with Crippen LogP contribution in [-0.4, -0.2) is 0 Å². The molecule has 0 radical (unpaired) electrons. The number of rotatable bonds is 5. The van der Waals surface area contributed by atoms with E-state index in [1.54, 1.807) is 18.2 Å². The molecule has 0 spiro atoms. The zero-order valence-corrected chi connectivity index (χ0v) is 13.6. The summed E-state index contributed by atoms with van der Waals surface area (Å²) in [5.41, 5.74) is 1.93. The lowest BCUT2D eigenvalue weighted by atomic mass is 10.1. The molecule has 1 rings (SSSR count). The van der Waals surface area contributed by atoms with Gasteiger partial charge in [0, 0.05) is 11.1 Å². The highest BCUT2D eigenvalue weighted by atomic mass is 16.3. The highest BCUT2D eigenvalue weighted by Crippen LogP contribution is 2.27. The third kappa shape index (κ3) is 5.75. The predicted octanol–water partition coefficient (Wildman–Crippen LogP) is 6.85. The molecular formula is C19H28O. The van der Waals surface area contributed by atoms with E-state index in [1.807, 2.05) is 58.9 Å². The first-order valence-electron chi connectivity index (χ1n) is 7.12. The second kappa shape index (κ2) is 13.4. The van der Waals surface area contributed by atoms with Crippen LogP contribution >= 0.6 is 0 Å². The van der Waals surface area contributed by atoms with Gasteiger partial charge in [-0.05, 0) is 19.1 Å². The Morgan fingerprint density at radius 2 is 1.25 bits per heavy atom. The Kier molecular flexibility index (Phi) is 13.6. The maximum Gasteiger partial charge on any atom is 0.135 e. The van der Waals surface area contributed by atoms with E-state index < -0.39 is 0 Å². The van der Waals surface area contributed by atoms with Gasteiger partial charge in [0.05, 0.1) is 0 Å². The summed E-state index contributed by atoms with van der Waals surface area (Å²) in [5, 5.41) is 0. The van der Waals surface area contributed by atoms with Crippen molar-refractivity contribution in [2.75, 3.05) is 0 Å². The summed E-state index contributed by atoms with van der Waals surface area (Å²) in [4.78, 5) is 0. The molecule has 0 unspecified atom stereocenters. The van der Waals surface area contributed by atoms with E-state index in [0.29, 0.717) is 0 Å². The maximum absolute atomic E-state index is 5.71. The largest absolute Gasteiger partial charge is 0.456 e. The molecule has 1 nitrogen and oxygen atoms in total. The first-order valence-corrected chi connectivity index (χ1v) is 7.12. The van der Waals surface area contributed by atoms with Crippen LogP contribution in [0, 0.1) is 0 Å². The molecular weight excluding hydrogens is 244 g/mol. The average molecular weight is 272 g/mol. The summed E-state index contributed by atoms with van der Waals surface area (Å²) in [7, 11) is 0. The lowest BCUT2D eigenvalue weighted by molar-refractivity contribution is 0.546. The maximum atomic E-state index is 5.71. The van der Waals surface area contributed by atoms with Gasteiger partial charge in [0.25, 0.3) is 0 Å². The number of allylic oxidation sites excluding steroid dienone is 3. The molecule has 0 aliphatic carbocycles. The van der Waals surface area contributed by atoms with Crippen LogP contribution in [0.2, 0.25) is 0 Å². The normalized spacial score (nSPS) is 9.45. The van der Waals surface area contributed by atoms with Gasteiger partial charge in [-0.15, -0.1) is 0 Å². The van der Waals surface area contributed by atoms with Crippen molar-refractivity contribution >= 4 is 24.3 Å². The van der Waals surface area contributed by atoms with Gasteiger partial charge in [0.15, 0.2) is 0 Å². The molecule has 1 aromatic rings. The zero-order chi connectivity index (χ0) is 16.0. The zero-order valence-electron chi connectivity index (χ0n) is 13.6. The van der Waals surface area contributed by atoms with Gasteiger partial charge in [-0.1, -0.05) is 77.8 Å². The summed E-state index contributed by atoms with van der Waals surface area (Å²) in [6, 6.07) is 0. The highest BCUT2D eigenvalue weighted by Gasteiger charge is 2.11. The molecule has 1 aromatic heterocycles. The Bertz CT molecular complexity index is 456. The third-order valence-electron chi connectivity index (χ3n) is 2.15.